The average Bonchev–Trinajstić information content (AvgIpc) is 2.80. The summed E-state index contributed by atoms with van der Waals surface area (Å²) in [4.78, 5) is 14.4. The van der Waals surface area contributed by atoms with Gasteiger partial charge in [0.25, 0.3) is 0 Å². The van der Waals surface area contributed by atoms with Crippen LogP contribution in [-0.2, 0) is 16.1 Å². The maximum atomic E-state index is 11.9. The van der Waals surface area contributed by atoms with Gasteiger partial charge in [0.15, 0.2) is 0 Å². The van der Waals surface area contributed by atoms with Crippen LogP contribution in [0.25, 0.3) is 10.8 Å². The predicted octanol–water partition coefficient (Wildman–Crippen LogP) is 6.99. The van der Waals surface area contributed by atoms with E-state index in [9.17, 15) is 4.79 Å². The molecular formula is C29H43NO3. The number of fused-ring (bicyclic) bond motifs is 1. The van der Waals surface area contributed by atoms with Crippen LogP contribution >= 0.6 is 0 Å². The molecule has 0 unspecified atom stereocenters. The average molecular weight is 454 g/mol. The monoisotopic (exact) mass is 453 g/mol. The molecule has 1 saturated carbocycles. The number of hydrogen-bond acceptors (Lipinski definition) is 4. The number of piperidine rings is 1. The molecule has 33 heavy (non-hydrogen) atoms. The number of benzene rings is 2. The van der Waals surface area contributed by atoms with E-state index >= 15 is 0 Å². The zero-order chi connectivity index (χ0) is 23.6. The Hall–Kier alpha value is -2.07. The highest BCUT2D eigenvalue weighted by molar-refractivity contribution is 5.88. The maximum Gasteiger partial charge on any atom is 0.309 e. The normalized spacial score (nSPS) is 18.1. The van der Waals surface area contributed by atoms with Crippen molar-refractivity contribution in [2.24, 2.45) is 11.8 Å². The Balaban J connectivity index is 0.000000709. The van der Waals surface area contributed by atoms with Gasteiger partial charge in [-0.3, -0.25) is 9.69 Å². The molecule has 0 bridgehead atoms. The van der Waals surface area contributed by atoms with E-state index < -0.39 is 0 Å². The molecule has 4 heteroatoms. The van der Waals surface area contributed by atoms with Crippen molar-refractivity contribution in [1.82, 2.24) is 4.90 Å². The number of rotatable bonds is 6. The fourth-order valence-electron chi connectivity index (χ4n) is 4.71. The highest BCUT2D eigenvalue weighted by atomic mass is 16.5. The van der Waals surface area contributed by atoms with Crippen LogP contribution in [0.15, 0.2) is 36.4 Å². The maximum absolute atomic E-state index is 11.9. The third kappa shape index (κ3) is 8.03. The molecule has 0 radical (unpaired) electrons. The van der Waals surface area contributed by atoms with Crippen LogP contribution in [0.1, 0.15) is 78.2 Å². The number of esters is 1. The number of likely N-dealkylation sites (tertiary alicyclic amines) is 1. The zero-order valence-electron chi connectivity index (χ0n) is 21.1. The second kappa shape index (κ2) is 13.0. The Morgan fingerprint density at radius 3 is 2.36 bits per heavy atom. The predicted molar refractivity (Wildman–Crippen MR) is 137 cm³/mol. The molecular weight excluding hydrogens is 410 g/mol. The van der Waals surface area contributed by atoms with E-state index in [1.54, 1.807) is 0 Å². The fraction of sp³-hybridized carbons (Fsp3) is 0.621. The van der Waals surface area contributed by atoms with Crippen molar-refractivity contribution >= 4 is 16.7 Å². The van der Waals surface area contributed by atoms with E-state index in [-0.39, 0.29) is 11.9 Å². The molecule has 0 spiro atoms. The second-order valence-corrected chi connectivity index (χ2v) is 10.2. The summed E-state index contributed by atoms with van der Waals surface area (Å²) in [6.45, 7) is 11.7. The van der Waals surface area contributed by atoms with Crippen molar-refractivity contribution in [2.75, 3.05) is 19.7 Å². The molecule has 1 aliphatic heterocycles. The van der Waals surface area contributed by atoms with Gasteiger partial charge in [-0.25, -0.2) is 0 Å². The van der Waals surface area contributed by atoms with Crippen LogP contribution < -0.4 is 4.74 Å². The topological polar surface area (TPSA) is 38.8 Å². The van der Waals surface area contributed by atoms with Crippen molar-refractivity contribution in [1.29, 1.82) is 0 Å². The van der Waals surface area contributed by atoms with Gasteiger partial charge in [0.2, 0.25) is 0 Å². The van der Waals surface area contributed by atoms with Gasteiger partial charge in [-0.15, -0.1) is 0 Å². The van der Waals surface area contributed by atoms with Crippen LogP contribution in [0.4, 0.5) is 0 Å². The van der Waals surface area contributed by atoms with E-state index in [0.29, 0.717) is 12.7 Å². The molecule has 1 saturated heterocycles. The summed E-state index contributed by atoms with van der Waals surface area (Å²) >= 11 is 0. The summed E-state index contributed by atoms with van der Waals surface area (Å²) in [5.41, 5.74) is 1.32. The quantitative estimate of drug-likeness (QED) is 0.442. The summed E-state index contributed by atoms with van der Waals surface area (Å²) in [5, 5.41) is 2.46. The molecule has 0 atom stereocenters. The van der Waals surface area contributed by atoms with Crippen LogP contribution in [-0.4, -0.2) is 36.7 Å². The van der Waals surface area contributed by atoms with E-state index in [2.05, 4.69) is 62.1 Å². The van der Waals surface area contributed by atoms with E-state index in [0.717, 1.165) is 44.1 Å². The minimum absolute atomic E-state index is 0.0247. The third-order valence-electron chi connectivity index (χ3n) is 6.36. The summed E-state index contributed by atoms with van der Waals surface area (Å²) in [6, 6.07) is 13.1. The Labute approximate surface area is 200 Å². The van der Waals surface area contributed by atoms with E-state index in [1.165, 1.54) is 48.4 Å². The van der Waals surface area contributed by atoms with Gasteiger partial charge in [-0.1, -0.05) is 51.5 Å². The van der Waals surface area contributed by atoms with Crippen molar-refractivity contribution in [3.8, 4) is 5.75 Å². The second-order valence-electron chi connectivity index (χ2n) is 10.2. The smallest absolute Gasteiger partial charge is 0.309 e. The molecule has 0 N–H and O–H groups in total. The molecule has 2 aromatic rings. The van der Waals surface area contributed by atoms with Crippen molar-refractivity contribution in [3.63, 3.8) is 0 Å². The number of carbonyl (C=O) groups excluding carboxylic acids is 1. The van der Waals surface area contributed by atoms with Crippen LogP contribution in [0.2, 0.25) is 0 Å². The molecule has 4 rings (SSSR count). The number of ether oxygens (including phenoxy) is 2. The molecule has 1 heterocycles. The first kappa shape index (κ1) is 25.6. The Morgan fingerprint density at radius 1 is 1.00 bits per heavy atom. The molecule has 0 amide bonds. The standard InChI is InChI=1S/C25H33NO3.C4H10/c1-2-28-25(27)20-13-15-26(16-14-20)18-19-11-12-23-21(17-19)7-6-10-24(23)29-22-8-4-3-5-9-22;1-4(2)3/h6-7,10-12,17,20,22H,2-5,8-9,13-16,18H2,1H3;4H,1-3H3. The number of nitrogens with zero attached hydrogens (tertiary/aromatic N) is 1. The van der Waals surface area contributed by atoms with Gasteiger partial charge in [0.1, 0.15) is 5.75 Å². The lowest BCUT2D eigenvalue weighted by Crippen LogP contribution is -2.36. The lowest BCUT2D eigenvalue weighted by molar-refractivity contribution is -0.149. The first-order valence-electron chi connectivity index (χ1n) is 13.0. The SMILES string of the molecule is CC(C)C.CCOC(=O)C1CCN(Cc2ccc3c(OC4CCCCC4)cccc3c2)CC1. The minimum atomic E-state index is -0.0247. The molecule has 2 aliphatic rings. The summed E-state index contributed by atoms with van der Waals surface area (Å²) < 4.78 is 11.5. The van der Waals surface area contributed by atoms with Crippen LogP contribution in [0.5, 0.6) is 5.75 Å². The van der Waals surface area contributed by atoms with Crippen molar-refractivity contribution < 1.29 is 14.3 Å². The van der Waals surface area contributed by atoms with Crippen molar-refractivity contribution in [3.05, 3.63) is 42.0 Å². The first-order chi connectivity index (χ1) is 16.0. The van der Waals surface area contributed by atoms with Crippen molar-refractivity contribution in [2.45, 2.75) is 85.3 Å². The molecule has 4 nitrogen and oxygen atoms in total. The highest BCUT2D eigenvalue weighted by Gasteiger charge is 2.26. The Morgan fingerprint density at radius 2 is 1.70 bits per heavy atom. The van der Waals surface area contributed by atoms with Gasteiger partial charge >= 0.3 is 5.97 Å². The van der Waals surface area contributed by atoms with Gasteiger partial charge in [0.05, 0.1) is 18.6 Å². The van der Waals surface area contributed by atoms with Gasteiger partial charge in [-0.05, 0) is 87.5 Å². The van der Waals surface area contributed by atoms with Gasteiger partial charge in [0, 0.05) is 11.9 Å². The Kier molecular flexibility index (Phi) is 10.1. The zero-order valence-corrected chi connectivity index (χ0v) is 21.1. The molecule has 1 aliphatic carbocycles. The lowest BCUT2D eigenvalue weighted by atomic mass is 9.96. The van der Waals surface area contributed by atoms with E-state index in [1.807, 2.05) is 6.92 Å². The molecule has 0 aromatic heterocycles. The van der Waals surface area contributed by atoms with Gasteiger partial charge in [-0.2, -0.15) is 0 Å². The fourth-order valence-corrected chi connectivity index (χ4v) is 4.71. The first-order valence-corrected chi connectivity index (χ1v) is 13.0. The third-order valence-corrected chi connectivity index (χ3v) is 6.36. The lowest BCUT2D eigenvalue weighted by Gasteiger charge is -2.30. The van der Waals surface area contributed by atoms with Gasteiger partial charge < -0.3 is 9.47 Å². The number of hydrogen-bond donors (Lipinski definition) is 0. The van der Waals surface area contributed by atoms with Crippen LogP contribution in [0, 0.1) is 11.8 Å². The van der Waals surface area contributed by atoms with E-state index in [4.69, 9.17) is 9.47 Å². The van der Waals surface area contributed by atoms with Crippen LogP contribution in [0.3, 0.4) is 0 Å². The summed E-state index contributed by atoms with van der Waals surface area (Å²) in [5.74, 6) is 1.90. The Bertz CT molecular complexity index is 862. The molecule has 182 valence electrons. The largest absolute Gasteiger partial charge is 0.490 e. The minimum Gasteiger partial charge on any atom is -0.490 e. The molecule has 2 aromatic carbocycles. The molecule has 2 fully saturated rings. The highest BCUT2D eigenvalue weighted by Crippen LogP contribution is 2.31. The number of carbonyl (C=O) groups is 1. The summed E-state index contributed by atoms with van der Waals surface area (Å²) in [6.07, 6.45) is 8.42. The summed E-state index contributed by atoms with van der Waals surface area (Å²) in [7, 11) is 0.